The van der Waals surface area contributed by atoms with Gasteiger partial charge in [0.05, 0.1) is 12.9 Å². The highest BCUT2D eigenvalue weighted by Gasteiger charge is 2.08. The van der Waals surface area contributed by atoms with Gasteiger partial charge >= 0.3 is 0 Å². The van der Waals surface area contributed by atoms with Crippen LogP contribution >= 0.6 is 0 Å². The molecule has 0 aliphatic rings. The van der Waals surface area contributed by atoms with Gasteiger partial charge in [-0.05, 0) is 23.8 Å². The largest absolute Gasteiger partial charge is 0.382 e. The predicted molar refractivity (Wildman–Crippen MR) is 76.2 cm³/mol. The van der Waals surface area contributed by atoms with Gasteiger partial charge < -0.3 is 14.7 Å². The van der Waals surface area contributed by atoms with Crippen molar-refractivity contribution >= 4 is 22.5 Å². The van der Waals surface area contributed by atoms with E-state index < -0.39 is 0 Å². The molecule has 0 bridgehead atoms. The molecule has 0 saturated heterocycles. The third-order valence-corrected chi connectivity index (χ3v) is 3.34. The van der Waals surface area contributed by atoms with Crippen LogP contribution in [0.5, 0.6) is 0 Å². The molecule has 0 unspecified atom stereocenters. The number of nitrogens with zero attached hydrogens (tertiary/aromatic N) is 5. The van der Waals surface area contributed by atoms with E-state index in [0.717, 1.165) is 5.65 Å². The molecule has 4 heterocycles. The summed E-state index contributed by atoms with van der Waals surface area (Å²) in [5, 5.41) is 0. The van der Waals surface area contributed by atoms with Gasteiger partial charge in [-0.3, -0.25) is 0 Å². The molecule has 4 aromatic rings. The standard InChI is InChI=1S/C14H12N6/c15-13-12-14(17-8-16-13)20(9-18-12)7-10-5-11-3-1-2-4-19(11)6-10/h1-6,8-9H,7H2,(H2,15,16,17). The molecule has 6 heteroatoms. The maximum absolute atomic E-state index is 5.79. The lowest BCUT2D eigenvalue weighted by molar-refractivity contribution is 0.813. The zero-order chi connectivity index (χ0) is 13.5. The van der Waals surface area contributed by atoms with Crippen LogP contribution in [-0.4, -0.2) is 23.9 Å². The molecule has 6 nitrogen and oxygen atoms in total. The van der Waals surface area contributed by atoms with Crippen LogP contribution in [0, 0.1) is 0 Å². The maximum atomic E-state index is 5.79. The highest BCUT2D eigenvalue weighted by molar-refractivity contribution is 5.81. The monoisotopic (exact) mass is 264 g/mol. The van der Waals surface area contributed by atoms with E-state index in [2.05, 4.69) is 37.7 Å². The van der Waals surface area contributed by atoms with Gasteiger partial charge in [-0.2, -0.15) is 0 Å². The Morgan fingerprint density at radius 1 is 1.15 bits per heavy atom. The normalized spacial score (nSPS) is 11.4. The van der Waals surface area contributed by atoms with Crippen LogP contribution in [0.1, 0.15) is 5.56 Å². The summed E-state index contributed by atoms with van der Waals surface area (Å²) in [6.07, 6.45) is 7.35. The molecule has 0 saturated carbocycles. The van der Waals surface area contributed by atoms with Crippen molar-refractivity contribution in [2.24, 2.45) is 0 Å². The topological polar surface area (TPSA) is 74.0 Å². The molecule has 0 aromatic carbocycles. The van der Waals surface area contributed by atoms with Crippen molar-refractivity contribution in [3.8, 4) is 0 Å². The minimum Gasteiger partial charge on any atom is -0.382 e. The highest BCUT2D eigenvalue weighted by atomic mass is 15.1. The van der Waals surface area contributed by atoms with Crippen molar-refractivity contribution in [1.29, 1.82) is 0 Å². The summed E-state index contributed by atoms with van der Waals surface area (Å²) in [7, 11) is 0. The van der Waals surface area contributed by atoms with Gasteiger partial charge in [0.15, 0.2) is 11.5 Å². The molecule has 0 aliphatic carbocycles. The van der Waals surface area contributed by atoms with Crippen molar-refractivity contribution in [3.63, 3.8) is 0 Å². The van der Waals surface area contributed by atoms with Crippen LogP contribution in [0.4, 0.5) is 5.82 Å². The van der Waals surface area contributed by atoms with E-state index in [1.54, 1.807) is 6.33 Å². The summed E-state index contributed by atoms with van der Waals surface area (Å²) in [5.41, 5.74) is 9.55. The maximum Gasteiger partial charge on any atom is 0.165 e. The van der Waals surface area contributed by atoms with E-state index in [0.29, 0.717) is 17.9 Å². The van der Waals surface area contributed by atoms with Crippen molar-refractivity contribution in [1.82, 2.24) is 23.9 Å². The summed E-state index contributed by atoms with van der Waals surface area (Å²) >= 11 is 0. The number of anilines is 1. The van der Waals surface area contributed by atoms with E-state index in [4.69, 9.17) is 5.73 Å². The zero-order valence-electron chi connectivity index (χ0n) is 10.6. The lowest BCUT2D eigenvalue weighted by Gasteiger charge is -2.01. The van der Waals surface area contributed by atoms with Crippen LogP contribution in [0.15, 0.2) is 49.3 Å². The van der Waals surface area contributed by atoms with Gasteiger partial charge in [-0.1, -0.05) is 6.07 Å². The first-order valence-electron chi connectivity index (χ1n) is 6.28. The van der Waals surface area contributed by atoms with Crippen LogP contribution in [0.2, 0.25) is 0 Å². The molecule has 2 N–H and O–H groups in total. The number of aromatic nitrogens is 5. The molecule has 4 rings (SSSR count). The van der Waals surface area contributed by atoms with E-state index in [1.807, 2.05) is 22.9 Å². The lowest BCUT2D eigenvalue weighted by Crippen LogP contribution is -1.99. The molecule has 20 heavy (non-hydrogen) atoms. The molecular weight excluding hydrogens is 252 g/mol. The average molecular weight is 264 g/mol. The molecule has 0 aliphatic heterocycles. The predicted octanol–water partition coefficient (Wildman–Crippen LogP) is 1.71. The van der Waals surface area contributed by atoms with Gasteiger partial charge in [-0.15, -0.1) is 0 Å². The number of pyridine rings is 1. The Balaban J connectivity index is 1.78. The second-order valence-corrected chi connectivity index (χ2v) is 4.68. The number of imidazole rings is 1. The molecule has 0 radical (unpaired) electrons. The van der Waals surface area contributed by atoms with E-state index in [9.17, 15) is 0 Å². The minimum atomic E-state index is 0.413. The second-order valence-electron chi connectivity index (χ2n) is 4.68. The number of hydrogen-bond donors (Lipinski definition) is 1. The Morgan fingerprint density at radius 3 is 3.00 bits per heavy atom. The minimum absolute atomic E-state index is 0.413. The SMILES string of the molecule is Nc1ncnc2c1ncn2Cc1cc2ccccn2c1. The Hall–Kier alpha value is -2.89. The van der Waals surface area contributed by atoms with Gasteiger partial charge in [0.25, 0.3) is 0 Å². The fourth-order valence-electron chi connectivity index (χ4n) is 2.41. The molecule has 0 spiro atoms. The molecular formula is C14H12N6. The summed E-state index contributed by atoms with van der Waals surface area (Å²) in [5.74, 6) is 0.413. The summed E-state index contributed by atoms with van der Waals surface area (Å²) in [6, 6.07) is 8.27. The fourth-order valence-corrected chi connectivity index (χ4v) is 2.41. The van der Waals surface area contributed by atoms with Crippen molar-refractivity contribution in [2.75, 3.05) is 5.73 Å². The quantitative estimate of drug-likeness (QED) is 0.598. The van der Waals surface area contributed by atoms with Crippen molar-refractivity contribution < 1.29 is 0 Å². The van der Waals surface area contributed by atoms with Gasteiger partial charge in [0.2, 0.25) is 0 Å². The molecule has 98 valence electrons. The average Bonchev–Trinajstić information content (AvgIpc) is 3.04. The van der Waals surface area contributed by atoms with Crippen molar-refractivity contribution in [2.45, 2.75) is 6.54 Å². The number of fused-ring (bicyclic) bond motifs is 2. The van der Waals surface area contributed by atoms with Crippen LogP contribution < -0.4 is 5.73 Å². The van der Waals surface area contributed by atoms with Crippen molar-refractivity contribution in [3.05, 3.63) is 54.9 Å². The van der Waals surface area contributed by atoms with Gasteiger partial charge in [-0.25, -0.2) is 15.0 Å². The summed E-state index contributed by atoms with van der Waals surface area (Å²) < 4.78 is 4.07. The highest BCUT2D eigenvalue weighted by Crippen LogP contribution is 2.17. The van der Waals surface area contributed by atoms with Crippen LogP contribution in [0.3, 0.4) is 0 Å². The first-order valence-corrected chi connectivity index (χ1v) is 6.28. The molecule has 0 atom stereocenters. The van der Waals surface area contributed by atoms with E-state index >= 15 is 0 Å². The third-order valence-electron chi connectivity index (χ3n) is 3.34. The third kappa shape index (κ3) is 1.62. The lowest BCUT2D eigenvalue weighted by atomic mass is 10.3. The smallest absolute Gasteiger partial charge is 0.165 e. The Labute approximate surface area is 114 Å². The molecule has 0 fully saturated rings. The zero-order valence-corrected chi connectivity index (χ0v) is 10.6. The number of nitrogens with two attached hydrogens (primary N) is 1. The Kier molecular flexibility index (Phi) is 2.23. The molecule has 0 amide bonds. The summed E-state index contributed by atoms with van der Waals surface area (Å²) in [4.78, 5) is 12.5. The first kappa shape index (κ1) is 11.0. The van der Waals surface area contributed by atoms with E-state index in [1.165, 1.54) is 17.4 Å². The van der Waals surface area contributed by atoms with Gasteiger partial charge in [0, 0.05) is 17.9 Å². The second kappa shape index (κ2) is 4.06. The number of hydrogen-bond acceptors (Lipinski definition) is 4. The van der Waals surface area contributed by atoms with Crippen LogP contribution in [0.25, 0.3) is 16.7 Å². The van der Waals surface area contributed by atoms with Gasteiger partial charge in [0.1, 0.15) is 11.8 Å². The molecule has 4 aromatic heterocycles. The summed E-state index contributed by atoms with van der Waals surface area (Å²) in [6.45, 7) is 0.703. The van der Waals surface area contributed by atoms with Crippen LogP contribution in [-0.2, 0) is 6.54 Å². The first-order chi connectivity index (χ1) is 9.81. The van der Waals surface area contributed by atoms with E-state index in [-0.39, 0.29) is 0 Å². The Morgan fingerprint density at radius 2 is 2.10 bits per heavy atom. The fraction of sp³-hybridized carbons (Fsp3) is 0.0714. The Bertz CT molecular complexity index is 871. The number of nitrogen functional groups attached to an aromatic ring is 1. The number of rotatable bonds is 2.